The Morgan fingerprint density at radius 3 is 1.34 bits per heavy atom. The van der Waals surface area contributed by atoms with Crippen LogP contribution in [0.2, 0.25) is 0 Å². The molecule has 11 nitrogen and oxygen atoms in total. The summed E-state index contributed by atoms with van der Waals surface area (Å²) in [5.41, 5.74) is 0. The van der Waals surface area contributed by atoms with Gasteiger partial charge in [-0.1, -0.05) is 251 Å². The Balaban J connectivity index is 2.67. The number of aliphatic hydroxyl groups is 5. The molecule has 0 aromatic rings. The first-order chi connectivity index (χ1) is 40.2. The Hall–Kier alpha value is -3.94. The van der Waals surface area contributed by atoms with E-state index in [1.807, 2.05) is 6.08 Å². The molecule has 6 N–H and O–H groups in total. The summed E-state index contributed by atoms with van der Waals surface area (Å²) in [7, 11) is 0. The third kappa shape index (κ3) is 44.6. The summed E-state index contributed by atoms with van der Waals surface area (Å²) in [6, 6.07) is -1.05. The monoisotopic (exact) mass is 1150 g/mol. The van der Waals surface area contributed by atoms with Crippen LogP contribution in [0.4, 0.5) is 0 Å². The Morgan fingerprint density at radius 1 is 0.488 bits per heavy atom. The van der Waals surface area contributed by atoms with Crippen LogP contribution in [0.25, 0.3) is 0 Å². The fourth-order valence-electron chi connectivity index (χ4n) is 9.42. The summed E-state index contributed by atoms with van der Waals surface area (Å²) in [6.45, 7) is 5.62. The fraction of sp³-hybridized carbons (Fsp3) is 0.690. The molecule has 1 saturated heterocycles. The molecule has 82 heavy (non-hydrogen) atoms. The lowest BCUT2D eigenvalue weighted by Gasteiger charge is -2.41. The van der Waals surface area contributed by atoms with Crippen molar-refractivity contribution in [1.82, 2.24) is 5.32 Å². The first-order valence-electron chi connectivity index (χ1n) is 32.8. The number of aliphatic hydroxyl groups excluding tert-OH is 5. The molecule has 468 valence electrons. The van der Waals surface area contributed by atoms with E-state index in [4.69, 9.17) is 14.2 Å². The molecule has 8 atom stereocenters. The van der Waals surface area contributed by atoms with Crippen molar-refractivity contribution in [2.45, 2.75) is 301 Å². The van der Waals surface area contributed by atoms with Crippen LogP contribution in [-0.2, 0) is 23.8 Å². The lowest BCUT2D eigenvalue weighted by molar-refractivity contribution is -0.305. The second-order valence-corrected chi connectivity index (χ2v) is 22.1. The molecule has 1 amide bonds. The number of hydrogen-bond donors (Lipinski definition) is 6. The smallest absolute Gasteiger partial charge is 0.306 e. The Labute approximate surface area is 500 Å². The molecule has 0 aromatic carbocycles. The van der Waals surface area contributed by atoms with Crippen molar-refractivity contribution in [1.29, 1.82) is 0 Å². The molecular formula is C71H119NO10. The molecule has 0 aliphatic carbocycles. The van der Waals surface area contributed by atoms with Crippen LogP contribution in [-0.4, -0.2) is 99.6 Å². The van der Waals surface area contributed by atoms with E-state index >= 15 is 0 Å². The van der Waals surface area contributed by atoms with Gasteiger partial charge in [-0.05, 0) is 116 Å². The standard InChI is InChI=1S/C71H119NO10/c1-4-7-10-13-16-19-22-25-27-29-30-31-32-33-34-35-37-38-40-43-46-49-52-55-58-64(75)70(79)72-62(63(74)57-54-51-48-45-42-24-21-18-15-12-9-6-3)61-80-71-69(68(78)67(77)65(60-73)81-71)82-66(76)59-56-53-50-47-44-41-39-36-28-26-23-20-17-14-11-8-5-2/h7,10,16-17,19-20,25-28,30-31,33-34,37-39,41,54,57,62-65,67-69,71,73-75,77-78H,4-6,8-9,11-15,18,21-24,29,32,35-36,40,42-53,55-56,58-61H2,1-3H3,(H,72,79)/b10-7-,19-16-,20-17-,27-25-,28-26-,31-30-,34-33-,38-37-,41-39-,57-54+. The molecule has 1 rings (SSSR count). The van der Waals surface area contributed by atoms with Gasteiger partial charge in [0.25, 0.3) is 0 Å². The number of ether oxygens (including phenoxy) is 3. The SMILES string of the molecule is CC/C=C\C/C=C\C/C=C\C/C=C\C/C=C\C/C=C\CCCCCCCC(O)C(=O)NC(COC1OC(CO)C(O)C(O)C1OC(=O)CCCCCC/C=C\C/C=C\C/C=C\CCCCC)C(O)/C=C/CCCCCCCCCCCC. The highest BCUT2D eigenvalue weighted by Gasteiger charge is 2.47. The van der Waals surface area contributed by atoms with Crippen molar-refractivity contribution in [3.05, 3.63) is 122 Å². The van der Waals surface area contributed by atoms with Gasteiger partial charge in [-0.2, -0.15) is 0 Å². The molecule has 0 saturated carbocycles. The molecule has 1 fully saturated rings. The molecule has 0 bridgehead atoms. The van der Waals surface area contributed by atoms with Gasteiger partial charge in [-0.15, -0.1) is 0 Å². The average Bonchev–Trinajstić information content (AvgIpc) is 3.68. The quantitative estimate of drug-likeness (QED) is 0.0195. The van der Waals surface area contributed by atoms with Gasteiger partial charge in [0.15, 0.2) is 12.4 Å². The Kier molecular flexibility index (Phi) is 53.3. The highest BCUT2D eigenvalue weighted by atomic mass is 16.7. The summed E-state index contributed by atoms with van der Waals surface area (Å²) in [5.74, 6) is -1.24. The number of carbonyl (C=O) groups excluding carboxylic acids is 2. The maximum atomic E-state index is 13.5. The zero-order valence-corrected chi connectivity index (χ0v) is 51.8. The van der Waals surface area contributed by atoms with Gasteiger partial charge < -0.3 is 45.1 Å². The van der Waals surface area contributed by atoms with Crippen LogP contribution >= 0.6 is 0 Å². The van der Waals surface area contributed by atoms with E-state index in [1.54, 1.807) is 6.08 Å². The van der Waals surface area contributed by atoms with Crippen molar-refractivity contribution in [3.8, 4) is 0 Å². The molecule has 8 unspecified atom stereocenters. The lowest BCUT2D eigenvalue weighted by atomic mass is 9.99. The second-order valence-electron chi connectivity index (χ2n) is 22.1. The van der Waals surface area contributed by atoms with E-state index < -0.39 is 67.4 Å². The van der Waals surface area contributed by atoms with E-state index in [2.05, 4.69) is 135 Å². The zero-order valence-electron chi connectivity index (χ0n) is 51.8. The van der Waals surface area contributed by atoms with E-state index in [-0.39, 0.29) is 19.4 Å². The molecule has 1 heterocycles. The molecule has 0 radical (unpaired) electrons. The van der Waals surface area contributed by atoms with Gasteiger partial charge in [0.05, 0.1) is 25.4 Å². The summed E-state index contributed by atoms with van der Waals surface area (Å²) >= 11 is 0. The van der Waals surface area contributed by atoms with E-state index in [0.717, 1.165) is 141 Å². The Bertz CT molecular complexity index is 1800. The number of hydrogen-bond acceptors (Lipinski definition) is 10. The van der Waals surface area contributed by atoms with Gasteiger partial charge in [0, 0.05) is 6.42 Å². The number of carbonyl (C=O) groups is 2. The van der Waals surface area contributed by atoms with Crippen LogP contribution in [0, 0.1) is 0 Å². The molecule has 0 aromatic heterocycles. The van der Waals surface area contributed by atoms with Crippen molar-refractivity contribution >= 4 is 11.9 Å². The highest BCUT2D eigenvalue weighted by Crippen LogP contribution is 2.26. The minimum atomic E-state index is -1.63. The van der Waals surface area contributed by atoms with E-state index in [0.29, 0.717) is 12.8 Å². The van der Waals surface area contributed by atoms with Gasteiger partial charge in [0.1, 0.15) is 24.4 Å². The summed E-state index contributed by atoms with van der Waals surface area (Å²) in [5, 5.41) is 57.1. The summed E-state index contributed by atoms with van der Waals surface area (Å²) in [4.78, 5) is 26.6. The molecule has 0 spiro atoms. The van der Waals surface area contributed by atoms with Crippen LogP contribution in [0.3, 0.4) is 0 Å². The maximum Gasteiger partial charge on any atom is 0.306 e. The van der Waals surface area contributed by atoms with Crippen LogP contribution in [0.1, 0.15) is 252 Å². The first-order valence-corrected chi connectivity index (χ1v) is 32.8. The molecular weight excluding hydrogens is 1030 g/mol. The van der Waals surface area contributed by atoms with Crippen LogP contribution in [0.15, 0.2) is 122 Å². The predicted octanol–water partition coefficient (Wildman–Crippen LogP) is 16.2. The minimum absolute atomic E-state index is 0.0899. The van der Waals surface area contributed by atoms with Crippen molar-refractivity contribution < 1.29 is 49.3 Å². The van der Waals surface area contributed by atoms with Gasteiger partial charge in [0.2, 0.25) is 5.91 Å². The Morgan fingerprint density at radius 2 is 0.878 bits per heavy atom. The molecule has 1 aliphatic heterocycles. The van der Waals surface area contributed by atoms with Gasteiger partial charge >= 0.3 is 5.97 Å². The number of allylic oxidation sites excluding steroid dienone is 19. The molecule has 1 aliphatic rings. The van der Waals surface area contributed by atoms with Crippen molar-refractivity contribution in [2.24, 2.45) is 0 Å². The normalized spacial score (nSPS) is 19.4. The van der Waals surface area contributed by atoms with E-state index in [9.17, 15) is 35.1 Å². The van der Waals surface area contributed by atoms with Gasteiger partial charge in [-0.25, -0.2) is 0 Å². The average molecular weight is 1150 g/mol. The number of rotatable bonds is 54. The maximum absolute atomic E-state index is 13.5. The highest BCUT2D eigenvalue weighted by molar-refractivity contribution is 5.80. The lowest BCUT2D eigenvalue weighted by Crippen LogP contribution is -2.61. The second kappa shape index (κ2) is 57.5. The number of unbranched alkanes of at least 4 members (excludes halogenated alkanes) is 22. The number of amides is 1. The summed E-state index contributed by atoms with van der Waals surface area (Å²) < 4.78 is 17.6. The first kappa shape index (κ1) is 76.1. The third-order valence-electron chi connectivity index (χ3n) is 14.6. The number of esters is 1. The summed E-state index contributed by atoms with van der Waals surface area (Å²) in [6.07, 6.45) is 69.4. The third-order valence-corrected chi connectivity index (χ3v) is 14.6. The van der Waals surface area contributed by atoms with Crippen LogP contribution < -0.4 is 5.32 Å². The number of nitrogens with one attached hydrogen (secondary N) is 1. The minimum Gasteiger partial charge on any atom is -0.454 e. The van der Waals surface area contributed by atoms with E-state index in [1.165, 1.54) is 64.2 Å². The van der Waals surface area contributed by atoms with Crippen molar-refractivity contribution in [3.63, 3.8) is 0 Å². The predicted molar refractivity (Wildman–Crippen MR) is 342 cm³/mol. The van der Waals surface area contributed by atoms with Crippen LogP contribution in [0.5, 0.6) is 0 Å². The van der Waals surface area contributed by atoms with Gasteiger partial charge in [-0.3, -0.25) is 9.59 Å². The topological polar surface area (TPSA) is 175 Å². The van der Waals surface area contributed by atoms with Crippen molar-refractivity contribution in [2.75, 3.05) is 13.2 Å². The fourth-order valence-corrected chi connectivity index (χ4v) is 9.42. The zero-order chi connectivity index (χ0) is 59.6. The molecule has 11 heteroatoms. The largest absolute Gasteiger partial charge is 0.454 e.